The second kappa shape index (κ2) is 9.76. The van der Waals surface area contributed by atoms with E-state index in [0.29, 0.717) is 24.5 Å². The minimum Gasteiger partial charge on any atom is -0.383 e. The lowest BCUT2D eigenvalue weighted by atomic mass is 10.1. The molecule has 0 saturated carbocycles. The number of amides is 2. The molecular weight excluding hydrogens is 399 g/mol. The lowest BCUT2D eigenvalue weighted by molar-refractivity contribution is 0.0699. The molecule has 0 aliphatic carbocycles. The van der Waals surface area contributed by atoms with Gasteiger partial charge >= 0.3 is 0 Å². The Kier molecular flexibility index (Phi) is 7.11. The first-order chi connectivity index (χ1) is 14.4. The van der Waals surface area contributed by atoms with Crippen LogP contribution in [0.15, 0.2) is 10.7 Å². The van der Waals surface area contributed by atoms with E-state index in [0.717, 1.165) is 0 Å². The number of carbonyl (C=O) groups is 2. The van der Waals surface area contributed by atoms with Gasteiger partial charge in [0.2, 0.25) is 0 Å². The highest BCUT2D eigenvalue weighted by Gasteiger charge is 2.38. The third kappa shape index (κ3) is 4.82. The van der Waals surface area contributed by atoms with E-state index >= 15 is 0 Å². The Balaban J connectivity index is 1.70. The first-order valence-electron chi connectivity index (χ1n) is 9.51. The van der Waals surface area contributed by atoms with Crippen LogP contribution in [-0.4, -0.2) is 83.0 Å². The Morgan fingerprint density at radius 2 is 2.17 bits per heavy atom. The number of rotatable bonds is 9. The normalized spacial score (nSPS) is 18.7. The van der Waals surface area contributed by atoms with Gasteiger partial charge in [-0.25, -0.2) is 9.07 Å². The van der Waals surface area contributed by atoms with Crippen molar-refractivity contribution in [3.8, 4) is 0 Å². The van der Waals surface area contributed by atoms with Crippen LogP contribution in [0.3, 0.4) is 0 Å². The molecule has 0 radical (unpaired) electrons. The number of hydrogen-bond acceptors (Lipinski definition) is 8. The molecule has 11 nitrogen and oxygen atoms in total. The van der Waals surface area contributed by atoms with Gasteiger partial charge in [-0.15, -0.1) is 5.10 Å². The van der Waals surface area contributed by atoms with Crippen LogP contribution in [0.4, 0.5) is 4.39 Å². The van der Waals surface area contributed by atoms with Gasteiger partial charge in [-0.3, -0.25) is 9.59 Å². The van der Waals surface area contributed by atoms with Gasteiger partial charge in [-0.2, -0.15) is 0 Å². The number of alkyl halides is 1. The van der Waals surface area contributed by atoms with Crippen LogP contribution in [0, 0.1) is 6.92 Å². The van der Waals surface area contributed by atoms with E-state index in [1.807, 2.05) is 0 Å². The zero-order valence-corrected chi connectivity index (χ0v) is 17.1. The Labute approximate surface area is 172 Å². The molecule has 1 aliphatic rings. The topological polar surface area (TPSA) is 125 Å². The average Bonchev–Trinajstić information content (AvgIpc) is 3.42. The van der Waals surface area contributed by atoms with Crippen LogP contribution in [0.1, 0.15) is 38.7 Å². The first kappa shape index (κ1) is 21.8. The van der Waals surface area contributed by atoms with Crippen molar-refractivity contribution >= 4 is 11.8 Å². The van der Waals surface area contributed by atoms with Crippen LogP contribution in [0.5, 0.6) is 0 Å². The first-order valence-corrected chi connectivity index (χ1v) is 9.51. The molecule has 164 valence electrons. The quantitative estimate of drug-likeness (QED) is 0.572. The van der Waals surface area contributed by atoms with Gasteiger partial charge in [0.05, 0.1) is 44.1 Å². The fourth-order valence-electron chi connectivity index (χ4n) is 3.36. The van der Waals surface area contributed by atoms with Crippen LogP contribution in [0.25, 0.3) is 0 Å². The molecule has 1 aliphatic heterocycles. The summed E-state index contributed by atoms with van der Waals surface area (Å²) in [5, 5.41) is 14.3. The van der Waals surface area contributed by atoms with Gasteiger partial charge in [-0.1, -0.05) is 10.4 Å². The van der Waals surface area contributed by atoms with E-state index in [-0.39, 0.29) is 43.4 Å². The summed E-state index contributed by atoms with van der Waals surface area (Å²) >= 11 is 0. The fourth-order valence-corrected chi connectivity index (χ4v) is 3.36. The van der Waals surface area contributed by atoms with Crippen molar-refractivity contribution in [1.82, 2.24) is 30.4 Å². The van der Waals surface area contributed by atoms with Crippen molar-refractivity contribution in [1.29, 1.82) is 0 Å². The number of hydrogen-bond donors (Lipinski definition) is 1. The van der Waals surface area contributed by atoms with Crippen LogP contribution in [0.2, 0.25) is 0 Å². The van der Waals surface area contributed by atoms with E-state index in [2.05, 4.69) is 20.8 Å². The summed E-state index contributed by atoms with van der Waals surface area (Å²) in [5.74, 6) is -0.335. The van der Waals surface area contributed by atoms with Crippen LogP contribution in [-0.2, 0) is 22.6 Å². The third-order valence-corrected chi connectivity index (χ3v) is 4.86. The number of nitrogens with one attached hydrogen (secondary N) is 1. The highest BCUT2D eigenvalue weighted by molar-refractivity contribution is 5.94. The monoisotopic (exact) mass is 424 g/mol. The summed E-state index contributed by atoms with van der Waals surface area (Å²) < 4.78 is 30.7. The predicted molar refractivity (Wildman–Crippen MR) is 101 cm³/mol. The van der Waals surface area contributed by atoms with Crippen molar-refractivity contribution < 1.29 is 28.0 Å². The largest absolute Gasteiger partial charge is 0.383 e. The van der Waals surface area contributed by atoms with Gasteiger partial charge in [-0.05, 0) is 6.92 Å². The molecule has 1 N–H and O–H groups in total. The van der Waals surface area contributed by atoms with E-state index in [1.54, 1.807) is 6.92 Å². The molecule has 30 heavy (non-hydrogen) atoms. The molecule has 2 amide bonds. The van der Waals surface area contributed by atoms with Crippen LogP contribution >= 0.6 is 0 Å². The Bertz CT molecular complexity index is 884. The zero-order valence-electron chi connectivity index (χ0n) is 17.1. The second-order valence-corrected chi connectivity index (χ2v) is 7.02. The molecule has 2 aromatic rings. The molecule has 0 bridgehead atoms. The minimum absolute atomic E-state index is 0.0547. The van der Waals surface area contributed by atoms with Gasteiger partial charge in [0.25, 0.3) is 11.8 Å². The van der Waals surface area contributed by atoms with E-state index < -0.39 is 18.1 Å². The molecule has 0 spiro atoms. The van der Waals surface area contributed by atoms with Gasteiger partial charge in [0.1, 0.15) is 11.9 Å². The standard InChI is InChI=1S/C18H25FN6O5/c1-11-14(10-29-3)16(22-30-11)18(27)25-7-12(19)6-13(25)8-24-9-15(21-23-24)17(26)20-4-5-28-2/h9,12-13H,4-8,10H2,1-3H3,(H,20,26)/t12-,13-/m0/s1. The van der Waals surface area contributed by atoms with Crippen molar-refractivity contribution in [2.24, 2.45) is 0 Å². The molecule has 3 rings (SSSR count). The third-order valence-electron chi connectivity index (χ3n) is 4.86. The summed E-state index contributed by atoms with van der Waals surface area (Å²) in [6.45, 7) is 2.72. The van der Waals surface area contributed by atoms with E-state index in [4.69, 9.17) is 14.0 Å². The maximum Gasteiger partial charge on any atom is 0.276 e. The SMILES string of the molecule is COCCNC(=O)c1cn(C[C@@H]2C[C@H](F)CN2C(=O)c2noc(C)c2COC)nn1. The molecule has 2 aromatic heterocycles. The van der Waals surface area contributed by atoms with Crippen molar-refractivity contribution in [2.45, 2.75) is 38.7 Å². The second-order valence-electron chi connectivity index (χ2n) is 7.02. The number of halogens is 1. The Morgan fingerprint density at radius 3 is 2.90 bits per heavy atom. The fraction of sp³-hybridized carbons (Fsp3) is 0.611. The Hall–Kier alpha value is -2.86. The van der Waals surface area contributed by atoms with Crippen molar-refractivity contribution in [3.63, 3.8) is 0 Å². The lowest BCUT2D eigenvalue weighted by Crippen LogP contribution is -2.39. The number of ether oxygens (including phenoxy) is 2. The average molecular weight is 424 g/mol. The van der Waals surface area contributed by atoms with Crippen molar-refractivity contribution in [2.75, 3.05) is 33.9 Å². The highest BCUT2D eigenvalue weighted by Crippen LogP contribution is 2.26. The molecule has 2 atom stereocenters. The summed E-state index contributed by atoms with van der Waals surface area (Å²) in [6.07, 6.45) is 0.447. The summed E-state index contributed by atoms with van der Waals surface area (Å²) in [7, 11) is 3.04. The number of methoxy groups -OCH3 is 2. The minimum atomic E-state index is -1.17. The summed E-state index contributed by atoms with van der Waals surface area (Å²) in [4.78, 5) is 26.5. The zero-order chi connectivity index (χ0) is 21.7. The maximum absolute atomic E-state index is 14.2. The Morgan fingerprint density at radius 1 is 1.37 bits per heavy atom. The smallest absolute Gasteiger partial charge is 0.276 e. The van der Waals surface area contributed by atoms with Gasteiger partial charge < -0.3 is 24.2 Å². The number of likely N-dealkylation sites (tertiary alicyclic amines) is 1. The molecule has 3 heterocycles. The van der Waals surface area contributed by atoms with Gasteiger partial charge in [0, 0.05) is 27.2 Å². The number of carbonyl (C=O) groups excluding carboxylic acids is 2. The molecule has 0 aromatic carbocycles. The maximum atomic E-state index is 14.2. The summed E-state index contributed by atoms with van der Waals surface area (Å²) in [6, 6.07) is -0.467. The van der Waals surface area contributed by atoms with E-state index in [1.165, 1.54) is 30.0 Å². The number of nitrogens with zero attached hydrogens (tertiary/aromatic N) is 5. The predicted octanol–water partition coefficient (Wildman–Crippen LogP) is 0.350. The van der Waals surface area contributed by atoms with Gasteiger partial charge in [0.15, 0.2) is 11.4 Å². The molecule has 1 saturated heterocycles. The highest BCUT2D eigenvalue weighted by atomic mass is 19.1. The molecular formula is C18H25FN6O5. The number of aromatic nitrogens is 4. The summed E-state index contributed by atoms with van der Waals surface area (Å²) in [5.41, 5.74) is 0.790. The lowest BCUT2D eigenvalue weighted by Gasteiger charge is -2.23. The number of aryl methyl sites for hydroxylation is 1. The molecule has 12 heteroatoms. The molecule has 0 unspecified atom stereocenters. The molecule has 1 fully saturated rings. The van der Waals surface area contributed by atoms with Crippen molar-refractivity contribution in [3.05, 3.63) is 28.9 Å². The van der Waals surface area contributed by atoms with Crippen LogP contribution < -0.4 is 5.32 Å². The van der Waals surface area contributed by atoms with E-state index in [9.17, 15) is 14.0 Å².